The molecule has 4 nitrogen and oxygen atoms in total. The van der Waals surface area contributed by atoms with Crippen molar-refractivity contribution < 1.29 is 4.79 Å². The van der Waals surface area contributed by atoms with Gasteiger partial charge in [-0.25, -0.2) is 4.68 Å². The highest BCUT2D eigenvalue weighted by atomic mass is 16.1. The van der Waals surface area contributed by atoms with Gasteiger partial charge in [-0.3, -0.25) is 9.78 Å². The van der Waals surface area contributed by atoms with Crippen LogP contribution in [0.5, 0.6) is 0 Å². The number of carbonyl (C=O) groups excluding carboxylic acids is 1. The zero-order valence-electron chi connectivity index (χ0n) is 11.0. The molecule has 98 valence electrons. The van der Waals surface area contributed by atoms with E-state index in [1.165, 1.54) is 0 Å². The van der Waals surface area contributed by atoms with Gasteiger partial charge in [0.05, 0.1) is 17.4 Å². The molecule has 0 saturated heterocycles. The smallest absolute Gasteiger partial charge is 0.197 e. The second kappa shape index (κ2) is 5.09. The highest BCUT2D eigenvalue weighted by Crippen LogP contribution is 2.12. The third kappa shape index (κ3) is 2.36. The van der Waals surface area contributed by atoms with Crippen molar-refractivity contribution in [3.05, 3.63) is 77.9 Å². The third-order valence-electron chi connectivity index (χ3n) is 3.00. The van der Waals surface area contributed by atoms with Gasteiger partial charge < -0.3 is 0 Å². The van der Waals surface area contributed by atoms with Crippen molar-refractivity contribution in [2.75, 3.05) is 0 Å². The lowest BCUT2D eigenvalue weighted by atomic mass is 10.1. The first-order chi connectivity index (χ1) is 9.74. The number of rotatable bonds is 3. The SMILES string of the molecule is Cc1cncc(C(=O)c2cnn(-c3ccccc3)c2)c1. The number of aromatic nitrogens is 3. The van der Waals surface area contributed by atoms with Crippen molar-refractivity contribution in [3.63, 3.8) is 0 Å². The van der Waals surface area contributed by atoms with Gasteiger partial charge in [0.15, 0.2) is 5.78 Å². The lowest BCUT2D eigenvalue weighted by Crippen LogP contribution is -2.01. The van der Waals surface area contributed by atoms with Gasteiger partial charge in [0, 0.05) is 24.2 Å². The van der Waals surface area contributed by atoms with Gasteiger partial charge >= 0.3 is 0 Å². The molecule has 0 aliphatic heterocycles. The van der Waals surface area contributed by atoms with Crippen LogP contribution in [0.25, 0.3) is 5.69 Å². The van der Waals surface area contributed by atoms with Gasteiger partial charge in [-0.15, -0.1) is 0 Å². The van der Waals surface area contributed by atoms with Crippen molar-refractivity contribution in [2.24, 2.45) is 0 Å². The van der Waals surface area contributed by atoms with Gasteiger partial charge in [0.25, 0.3) is 0 Å². The number of aryl methyl sites for hydroxylation is 1. The summed E-state index contributed by atoms with van der Waals surface area (Å²) in [4.78, 5) is 16.4. The molecule has 0 spiro atoms. The molecule has 3 rings (SSSR count). The van der Waals surface area contributed by atoms with E-state index in [0.717, 1.165) is 11.3 Å². The van der Waals surface area contributed by atoms with E-state index in [-0.39, 0.29) is 5.78 Å². The molecule has 4 heteroatoms. The van der Waals surface area contributed by atoms with Crippen molar-refractivity contribution in [2.45, 2.75) is 6.92 Å². The average Bonchev–Trinajstić information content (AvgIpc) is 2.97. The van der Waals surface area contributed by atoms with Crippen LogP contribution in [0.3, 0.4) is 0 Å². The highest BCUT2D eigenvalue weighted by Gasteiger charge is 2.12. The molecule has 2 aromatic heterocycles. The Morgan fingerprint density at radius 2 is 1.85 bits per heavy atom. The van der Waals surface area contributed by atoms with Crippen molar-refractivity contribution >= 4 is 5.78 Å². The van der Waals surface area contributed by atoms with Crippen LogP contribution in [0, 0.1) is 6.92 Å². The molecule has 0 radical (unpaired) electrons. The first-order valence-electron chi connectivity index (χ1n) is 6.30. The van der Waals surface area contributed by atoms with Crippen LogP contribution in [0.4, 0.5) is 0 Å². The molecule has 0 bridgehead atoms. The molecule has 1 aromatic carbocycles. The molecular formula is C16H13N3O. The fourth-order valence-electron chi connectivity index (χ4n) is 2.01. The van der Waals surface area contributed by atoms with Gasteiger partial charge in [0.1, 0.15) is 0 Å². The molecule has 0 aliphatic rings. The highest BCUT2D eigenvalue weighted by molar-refractivity contribution is 6.08. The number of para-hydroxylation sites is 1. The molecule has 0 aliphatic carbocycles. The minimum absolute atomic E-state index is 0.0663. The van der Waals surface area contributed by atoms with E-state index < -0.39 is 0 Å². The quantitative estimate of drug-likeness (QED) is 0.683. The van der Waals surface area contributed by atoms with Crippen LogP contribution in [-0.4, -0.2) is 20.5 Å². The maximum absolute atomic E-state index is 12.3. The molecule has 0 amide bonds. The van der Waals surface area contributed by atoms with Crippen LogP contribution in [-0.2, 0) is 0 Å². The van der Waals surface area contributed by atoms with E-state index in [4.69, 9.17) is 0 Å². The number of carbonyl (C=O) groups is 1. The van der Waals surface area contributed by atoms with E-state index in [1.807, 2.05) is 43.3 Å². The van der Waals surface area contributed by atoms with Crippen LogP contribution in [0.1, 0.15) is 21.5 Å². The Kier molecular flexibility index (Phi) is 3.13. The summed E-state index contributed by atoms with van der Waals surface area (Å²) in [5, 5.41) is 4.23. The zero-order valence-corrected chi connectivity index (χ0v) is 11.0. The summed E-state index contributed by atoms with van der Waals surface area (Å²) in [6.07, 6.45) is 6.62. The Hall–Kier alpha value is -2.75. The monoisotopic (exact) mass is 263 g/mol. The molecule has 3 aromatic rings. The Morgan fingerprint density at radius 3 is 2.60 bits per heavy atom. The number of hydrogen-bond donors (Lipinski definition) is 0. The number of nitrogens with zero attached hydrogens (tertiary/aromatic N) is 3. The summed E-state index contributed by atoms with van der Waals surface area (Å²) in [7, 11) is 0. The van der Waals surface area contributed by atoms with E-state index in [9.17, 15) is 4.79 Å². The second-order valence-electron chi connectivity index (χ2n) is 4.59. The maximum atomic E-state index is 12.3. The topological polar surface area (TPSA) is 47.8 Å². The van der Waals surface area contributed by atoms with Gasteiger partial charge in [-0.05, 0) is 30.7 Å². The summed E-state index contributed by atoms with van der Waals surface area (Å²) in [6.45, 7) is 1.91. The molecule has 0 saturated carbocycles. The maximum Gasteiger partial charge on any atom is 0.197 e. The Labute approximate surface area is 116 Å². The lowest BCUT2D eigenvalue weighted by molar-refractivity contribution is 0.103. The minimum Gasteiger partial charge on any atom is -0.288 e. The van der Waals surface area contributed by atoms with Crippen LogP contribution in [0.2, 0.25) is 0 Å². The van der Waals surface area contributed by atoms with Crippen molar-refractivity contribution in [1.29, 1.82) is 0 Å². The zero-order chi connectivity index (χ0) is 13.9. The van der Waals surface area contributed by atoms with E-state index in [1.54, 1.807) is 29.5 Å². The minimum atomic E-state index is -0.0663. The fourth-order valence-corrected chi connectivity index (χ4v) is 2.01. The molecule has 2 heterocycles. The van der Waals surface area contributed by atoms with Crippen LogP contribution in [0.15, 0.2) is 61.2 Å². The Morgan fingerprint density at radius 1 is 1.05 bits per heavy atom. The Balaban J connectivity index is 1.93. The predicted molar refractivity (Wildman–Crippen MR) is 76.0 cm³/mol. The van der Waals surface area contributed by atoms with Gasteiger partial charge in [-0.2, -0.15) is 5.10 Å². The average molecular weight is 263 g/mol. The number of hydrogen-bond acceptors (Lipinski definition) is 3. The standard InChI is InChI=1S/C16H13N3O/c1-12-7-13(9-17-8-12)16(20)14-10-18-19(11-14)15-5-3-2-4-6-15/h2-11H,1H3. The van der Waals surface area contributed by atoms with Gasteiger partial charge in [0.2, 0.25) is 0 Å². The fraction of sp³-hybridized carbons (Fsp3) is 0.0625. The first kappa shape index (κ1) is 12.3. The summed E-state index contributed by atoms with van der Waals surface area (Å²) < 4.78 is 1.69. The first-order valence-corrected chi connectivity index (χ1v) is 6.30. The van der Waals surface area contributed by atoms with E-state index in [0.29, 0.717) is 11.1 Å². The number of benzene rings is 1. The van der Waals surface area contributed by atoms with E-state index >= 15 is 0 Å². The summed E-state index contributed by atoms with van der Waals surface area (Å²) in [5.41, 5.74) is 3.03. The third-order valence-corrected chi connectivity index (χ3v) is 3.00. The van der Waals surface area contributed by atoms with Crippen molar-refractivity contribution in [1.82, 2.24) is 14.8 Å². The predicted octanol–water partition coefficient (Wildman–Crippen LogP) is 2.81. The molecular weight excluding hydrogens is 250 g/mol. The van der Waals surface area contributed by atoms with Crippen molar-refractivity contribution in [3.8, 4) is 5.69 Å². The normalized spacial score (nSPS) is 10.4. The molecule has 0 fully saturated rings. The van der Waals surface area contributed by atoms with E-state index in [2.05, 4.69) is 10.1 Å². The van der Waals surface area contributed by atoms with Gasteiger partial charge in [-0.1, -0.05) is 18.2 Å². The number of pyridine rings is 1. The molecule has 0 unspecified atom stereocenters. The summed E-state index contributed by atoms with van der Waals surface area (Å²) >= 11 is 0. The Bertz CT molecular complexity index is 747. The van der Waals surface area contributed by atoms with Crippen LogP contribution < -0.4 is 0 Å². The lowest BCUT2D eigenvalue weighted by Gasteiger charge is -2.00. The molecule has 0 N–H and O–H groups in total. The summed E-state index contributed by atoms with van der Waals surface area (Å²) in [5.74, 6) is -0.0663. The summed E-state index contributed by atoms with van der Waals surface area (Å²) in [6, 6.07) is 11.5. The second-order valence-corrected chi connectivity index (χ2v) is 4.59. The molecule has 20 heavy (non-hydrogen) atoms. The molecule has 0 atom stereocenters. The largest absolute Gasteiger partial charge is 0.288 e. The number of ketones is 1. The van der Waals surface area contributed by atoms with Crippen LogP contribution >= 0.6 is 0 Å².